The average molecular weight is 727 g/mol. The van der Waals surface area contributed by atoms with Gasteiger partial charge in [0.2, 0.25) is 5.69 Å². The van der Waals surface area contributed by atoms with Crippen LogP contribution >= 0.6 is 0 Å². The maximum absolute atomic E-state index is 13.4. The van der Waals surface area contributed by atoms with Crippen molar-refractivity contribution in [3.63, 3.8) is 0 Å². The van der Waals surface area contributed by atoms with E-state index in [1.165, 1.54) is 24.3 Å². The number of hydrogen-bond acceptors (Lipinski definition) is 9. The molecule has 12 nitrogen and oxygen atoms in total. The van der Waals surface area contributed by atoms with Gasteiger partial charge < -0.3 is 39.0 Å². The van der Waals surface area contributed by atoms with Crippen molar-refractivity contribution in [3.8, 4) is 39.3 Å². The first-order valence-electron chi connectivity index (χ1n) is 17.3. The van der Waals surface area contributed by atoms with E-state index in [2.05, 4.69) is 22.4 Å². The van der Waals surface area contributed by atoms with Crippen LogP contribution < -0.4 is 25.6 Å². The molecule has 2 aliphatic carbocycles. The minimum atomic E-state index is -1.40. The summed E-state index contributed by atoms with van der Waals surface area (Å²) in [5, 5.41) is 25.0. The standard InChI is InChI=1S/C42H34N2O10/c1-2-51-41(49)34-19-24(44-38(46)17-18-43-42(50)53-22-35-29-9-5-3-7-27(29)28-8-4-6-10-30(28)35)11-14-31(34)40-32-15-12-25(45)20-36(32)54-37-21-26(13-16-33(37)40)52-23-39(47)48/h3-16,19-21,35H,2,17-18,22-23H2,1H3,(H,43,50)(H,44,46)(H,47,48). The maximum Gasteiger partial charge on any atom is 0.407 e. The predicted octanol–water partition coefficient (Wildman–Crippen LogP) is 4.47. The molecule has 12 heteroatoms. The summed E-state index contributed by atoms with van der Waals surface area (Å²) in [5.74, 6) is -1.86. The van der Waals surface area contributed by atoms with E-state index in [0.29, 0.717) is 27.8 Å². The van der Waals surface area contributed by atoms with Crippen molar-refractivity contribution < 1.29 is 48.2 Å². The molecule has 0 bridgehead atoms. The van der Waals surface area contributed by atoms with Crippen LogP contribution in [-0.4, -0.2) is 55.4 Å². The van der Waals surface area contributed by atoms with E-state index < -0.39 is 24.6 Å². The Balaban J connectivity index is 1.10. The Bertz CT molecular complexity index is 2420. The molecule has 1 heterocycles. The second-order valence-electron chi connectivity index (χ2n) is 12.5. The second-order valence-corrected chi connectivity index (χ2v) is 12.5. The number of carbonyl (C=O) groups excluding carboxylic acids is 3. The molecule has 3 aliphatic rings. The Labute approximate surface area is 308 Å². The van der Waals surface area contributed by atoms with Crippen LogP contribution in [0.2, 0.25) is 0 Å². The Morgan fingerprint density at radius 1 is 0.852 bits per heavy atom. The van der Waals surface area contributed by atoms with Gasteiger partial charge in [0.05, 0.1) is 24.6 Å². The number of aliphatic hydroxyl groups is 1. The molecule has 7 rings (SSSR count). The number of carboxylic acid groups (broad SMARTS) is 1. The molecule has 0 saturated carbocycles. The van der Waals surface area contributed by atoms with Gasteiger partial charge in [0, 0.05) is 53.2 Å². The van der Waals surface area contributed by atoms with E-state index in [1.807, 2.05) is 36.4 Å². The minimum Gasteiger partial charge on any atom is -0.546 e. The summed E-state index contributed by atoms with van der Waals surface area (Å²) >= 11 is 0. The quantitative estimate of drug-likeness (QED) is 0.0706. The van der Waals surface area contributed by atoms with Crippen LogP contribution in [0.25, 0.3) is 44.5 Å². The summed E-state index contributed by atoms with van der Waals surface area (Å²) in [6.45, 7) is 1.33. The van der Waals surface area contributed by atoms with Gasteiger partial charge in [0.15, 0.2) is 5.43 Å². The van der Waals surface area contributed by atoms with E-state index in [0.717, 1.165) is 22.3 Å². The first-order chi connectivity index (χ1) is 26.2. The largest absolute Gasteiger partial charge is 0.546 e. The van der Waals surface area contributed by atoms with Crippen LogP contribution in [0.4, 0.5) is 10.5 Å². The van der Waals surface area contributed by atoms with Crippen LogP contribution in [0.3, 0.4) is 0 Å². The summed E-state index contributed by atoms with van der Waals surface area (Å²) in [6.07, 6.45) is -0.579. The molecule has 272 valence electrons. The minimum absolute atomic E-state index is 0.0377. The summed E-state index contributed by atoms with van der Waals surface area (Å²) in [4.78, 5) is 52.2. The molecular formula is C42H34N2O10. The molecule has 0 unspecified atom stereocenters. The predicted molar refractivity (Wildman–Crippen MR) is 197 cm³/mol. The van der Waals surface area contributed by atoms with Crippen LogP contribution in [0, 0.1) is 0 Å². The zero-order chi connectivity index (χ0) is 37.8. The smallest absolute Gasteiger partial charge is 0.407 e. The lowest BCUT2D eigenvalue weighted by atomic mass is 9.90. The summed E-state index contributed by atoms with van der Waals surface area (Å²) in [7, 11) is 0. The molecule has 0 atom stereocenters. The van der Waals surface area contributed by atoms with Gasteiger partial charge in [-0.05, 0) is 65.1 Å². The monoisotopic (exact) mass is 726 g/mol. The third-order valence-corrected chi connectivity index (χ3v) is 9.07. The summed E-state index contributed by atoms with van der Waals surface area (Å²) in [6, 6.07) is 30.0. The van der Waals surface area contributed by atoms with E-state index in [-0.39, 0.29) is 66.1 Å². The van der Waals surface area contributed by atoms with Gasteiger partial charge in [-0.25, -0.2) is 9.59 Å². The van der Waals surface area contributed by atoms with Crippen molar-refractivity contribution >= 4 is 40.6 Å². The summed E-state index contributed by atoms with van der Waals surface area (Å²) in [5.41, 5.74) is 6.48. The van der Waals surface area contributed by atoms with Gasteiger partial charge in [0.1, 0.15) is 30.3 Å². The molecule has 0 spiro atoms. The fraction of sp³-hybridized carbons (Fsp3) is 0.167. The van der Waals surface area contributed by atoms with E-state index in [9.17, 15) is 29.4 Å². The van der Waals surface area contributed by atoms with Crippen molar-refractivity contribution in [2.75, 3.05) is 26.4 Å². The number of amides is 1. The zero-order valence-corrected chi connectivity index (χ0v) is 29.0. The average Bonchev–Trinajstić information content (AvgIpc) is 3.48. The number of alkyl carbamates (subject to hydrolysis) is 1. The molecule has 4 aromatic carbocycles. The molecule has 54 heavy (non-hydrogen) atoms. The number of carboxylic acids is 1. The third-order valence-electron chi connectivity index (χ3n) is 9.07. The molecule has 3 N–H and O–H groups in total. The van der Waals surface area contributed by atoms with Crippen molar-refractivity contribution in [2.24, 2.45) is 0 Å². The molecule has 1 aliphatic heterocycles. The highest BCUT2D eigenvalue weighted by Crippen LogP contribution is 2.45. The number of aliphatic hydroxyl groups excluding tert-OH is 1. The second kappa shape index (κ2) is 15.3. The number of esters is 1. The maximum atomic E-state index is 13.4. The van der Waals surface area contributed by atoms with Crippen LogP contribution in [0.1, 0.15) is 40.7 Å². The number of nitrogens with one attached hydrogen (secondary N) is 2. The van der Waals surface area contributed by atoms with Gasteiger partial charge in [-0.15, -0.1) is 0 Å². The number of carbonyl (C=O) groups is 3. The van der Waals surface area contributed by atoms with Gasteiger partial charge in [-0.1, -0.05) is 48.5 Å². The number of benzene rings is 5. The number of rotatable bonds is 12. The Morgan fingerprint density at radius 3 is 2.30 bits per heavy atom. The lowest BCUT2D eigenvalue weighted by Crippen LogP contribution is -2.66. The van der Waals surface area contributed by atoms with Crippen molar-refractivity contribution in [1.29, 1.82) is 0 Å². The highest BCUT2D eigenvalue weighted by molar-refractivity contribution is 6.08. The molecule has 4 aromatic rings. The molecule has 0 radical (unpaired) electrons. The number of fused-ring (bicyclic) bond motifs is 5. The highest BCUT2D eigenvalue weighted by Gasteiger charge is 2.29. The zero-order valence-electron chi connectivity index (χ0n) is 29.0. The van der Waals surface area contributed by atoms with Crippen molar-refractivity contribution in [1.82, 2.24) is 5.32 Å². The fourth-order valence-corrected chi connectivity index (χ4v) is 6.75. The van der Waals surface area contributed by atoms with Gasteiger partial charge >= 0.3 is 18.0 Å². The lowest BCUT2D eigenvalue weighted by Gasteiger charge is -2.18. The Hall–Kier alpha value is -6.95. The Kier molecular flexibility index (Phi) is 10.1. The highest BCUT2D eigenvalue weighted by atomic mass is 16.5. The lowest BCUT2D eigenvalue weighted by molar-refractivity contribution is -0.367. The molecule has 0 saturated heterocycles. The van der Waals surface area contributed by atoms with E-state index >= 15 is 0 Å². The van der Waals surface area contributed by atoms with Gasteiger partial charge in [-0.3, -0.25) is 4.79 Å². The van der Waals surface area contributed by atoms with Gasteiger partial charge in [-0.2, -0.15) is 4.99 Å². The topological polar surface area (TPSA) is 178 Å². The number of hydrogen-bond donors (Lipinski definition) is 3. The summed E-state index contributed by atoms with van der Waals surface area (Å²) < 4.78 is 22.3. The molecule has 1 amide bonds. The first kappa shape index (κ1) is 35.5. The number of ether oxygens (including phenoxy) is 3. The number of aliphatic carboxylic acids is 1. The van der Waals surface area contributed by atoms with Crippen LogP contribution in [0.15, 0.2) is 112 Å². The van der Waals surface area contributed by atoms with Gasteiger partial charge in [0.25, 0.3) is 0 Å². The fourth-order valence-electron chi connectivity index (χ4n) is 6.75. The van der Waals surface area contributed by atoms with Crippen molar-refractivity contribution in [3.05, 3.63) is 130 Å². The normalized spacial score (nSPS) is 12.3. The van der Waals surface area contributed by atoms with E-state index in [4.69, 9.17) is 18.6 Å². The Morgan fingerprint density at radius 2 is 1.57 bits per heavy atom. The van der Waals surface area contributed by atoms with Crippen LogP contribution in [0.5, 0.6) is 5.75 Å². The molecule has 0 aromatic heterocycles. The third kappa shape index (κ3) is 7.35. The first-order valence-corrected chi connectivity index (χ1v) is 17.3. The van der Waals surface area contributed by atoms with Crippen molar-refractivity contribution in [2.45, 2.75) is 19.3 Å². The van der Waals surface area contributed by atoms with Crippen LogP contribution in [-0.2, 0) is 14.3 Å². The molecular weight excluding hydrogens is 692 g/mol. The molecule has 0 fully saturated rings. The van der Waals surface area contributed by atoms with E-state index in [1.54, 1.807) is 37.3 Å². The SMILES string of the molecule is CCOC(=O)c1cc([NH+]=C(O)CCNC(=O)OCC2c3ccccc3-c3ccccc32)ccc1-c1c2ccc(=O)cc-2oc2cc(OCC(=O)[O-])ccc12.